The molecule has 8 heteroatoms. The number of aliphatic carboxylic acids is 1. The molecule has 1 N–H and O–H groups in total. The van der Waals surface area contributed by atoms with Crippen LogP contribution in [0.1, 0.15) is 27.2 Å². The van der Waals surface area contributed by atoms with Gasteiger partial charge >= 0.3 is 12.1 Å². The molecule has 0 bridgehead atoms. The summed E-state index contributed by atoms with van der Waals surface area (Å²) < 4.78 is 6.75. The number of ether oxygens (including phenoxy) is 1. The van der Waals surface area contributed by atoms with Crippen LogP contribution < -0.4 is 0 Å². The first-order chi connectivity index (χ1) is 9.22. The number of carboxylic acid groups (broad SMARTS) is 1. The standard InChI is InChI=1S/C12H18N4O4/c1-11(2,3)20-10(19)15-5-12(6-15,4-9(17)18)16-8-13-7-14-16/h7-8H,4-6H2,1-3H3,(H,17,18). The van der Waals surface area contributed by atoms with E-state index in [-0.39, 0.29) is 19.5 Å². The molecule has 2 rings (SSSR count). The molecule has 1 saturated heterocycles. The molecule has 1 amide bonds. The second kappa shape index (κ2) is 4.77. The highest BCUT2D eigenvalue weighted by atomic mass is 16.6. The Labute approximate surface area is 116 Å². The van der Waals surface area contributed by atoms with E-state index in [1.54, 1.807) is 20.8 Å². The molecule has 110 valence electrons. The molecule has 8 nitrogen and oxygen atoms in total. The van der Waals surface area contributed by atoms with Gasteiger partial charge in [-0.05, 0) is 20.8 Å². The Morgan fingerprint density at radius 1 is 1.40 bits per heavy atom. The van der Waals surface area contributed by atoms with Gasteiger partial charge in [0, 0.05) is 0 Å². The Hall–Kier alpha value is -2.12. The molecule has 2 heterocycles. The minimum atomic E-state index is -0.940. The van der Waals surface area contributed by atoms with Gasteiger partial charge in [-0.2, -0.15) is 5.10 Å². The first-order valence-electron chi connectivity index (χ1n) is 6.27. The smallest absolute Gasteiger partial charge is 0.410 e. The summed E-state index contributed by atoms with van der Waals surface area (Å²) in [4.78, 5) is 28.2. The average molecular weight is 282 g/mol. The van der Waals surface area contributed by atoms with E-state index in [2.05, 4.69) is 10.1 Å². The zero-order valence-corrected chi connectivity index (χ0v) is 11.7. The maximum absolute atomic E-state index is 11.9. The fourth-order valence-electron chi connectivity index (χ4n) is 2.19. The number of aromatic nitrogens is 3. The van der Waals surface area contributed by atoms with Crippen molar-refractivity contribution < 1.29 is 19.4 Å². The molecule has 0 spiro atoms. The fraction of sp³-hybridized carbons (Fsp3) is 0.667. The van der Waals surface area contributed by atoms with Gasteiger partial charge in [-0.3, -0.25) is 4.79 Å². The van der Waals surface area contributed by atoms with Crippen molar-refractivity contribution in [1.29, 1.82) is 0 Å². The first-order valence-corrected chi connectivity index (χ1v) is 6.27. The summed E-state index contributed by atoms with van der Waals surface area (Å²) in [7, 11) is 0. The van der Waals surface area contributed by atoms with Gasteiger partial charge in [0.1, 0.15) is 23.8 Å². The molecule has 1 aromatic rings. The summed E-state index contributed by atoms with van der Waals surface area (Å²) in [5, 5.41) is 13.0. The number of amides is 1. The van der Waals surface area contributed by atoms with Crippen molar-refractivity contribution in [3.05, 3.63) is 12.7 Å². The molecule has 1 aliphatic heterocycles. The van der Waals surface area contributed by atoms with Gasteiger partial charge < -0.3 is 14.7 Å². The second-order valence-electron chi connectivity index (χ2n) is 5.97. The lowest BCUT2D eigenvalue weighted by atomic mass is 9.87. The van der Waals surface area contributed by atoms with Gasteiger partial charge in [-0.1, -0.05) is 0 Å². The van der Waals surface area contributed by atoms with Crippen molar-refractivity contribution in [3.8, 4) is 0 Å². The van der Waals surface area contributed by atoms with E-state index >= 15 is 0 Å². The summed E-state index contributed by atoms with van der Waals surface area (Å²) in [5.74, 6) is -0.940. The van der Waals surface area contributed by atoms with Crippen molar-refractivity contribution >= 4 is 12.1 Å². The quantitative estimate of drug-likeness (QED) is 0.876. The molecule has 0 aromatic carbocycles. The summed E-state index contributed by atoms with van der Waals surface area (Å²) in [5.41, 5.74) is -1.31. The van der Waals surface area contributed by atoms with Crippen LogP contribution in [0, 0.1) is 0 Å². The molecule has 20 heavy (non-hydrogen) atoms. The number of carbonyl (C=O) groups is 2. The summed E-state index contributed by atoms with van der Waals surface area (Å²) in [6.45, 7) is 5.85. The Kier molecular flexibility index (Phi) is 3.41. The molecule has 0 aliphatic carbocycles. The summed E-state index contributed by atoms with van der Waals surface area (Å²) in [6, 6.07) is 0. The van der Waals surface area contributed by atoms with Crippen LogP contribution in [0.4, 0.5) is 4.79 Å². The van der Waals surface area contributed by atoms with E-state index in [0.717, 1.165) is 0 Å². The van der Waals surface area contributed by atoms with Crippen molar-refractivity contribution in [2.24, 2.45) is 0 Å². The maximum Gasteiger partial charge on any atom is 0.410 e. The van der Waals surface area contributed by atoms with E-state index in [1.165, 1.54) is 22.2 Å². The highest BCUT2D eigenvalue weighted by Crippen LogP contribution is 2.32. The van der Waals surface area contributed by atoms with E-state index in [4.69, 9.17) is 9.84 Å². The molecular weight excluding hydrogens is 264 g/mol. The second-order valence-corrected chi connectivity index (χ2v) is 5.97. The van der Waals surface area contributed by atoms with Crippen molar-refractivity contribution in [2.45, 2.75) is 38.3 Å². The number of hydrogen-bond donors (Lipinski definition) is 1. The van der Waals surface area contributed by atoms with E-state index in [0.29, 0.717) is 0 Å². The third-order valence-corrected chi connectivity index (χ3v) is 3.01. The number of rotatable bonds is 3. The minimum Gasteiger partial charge on any atom is -0.481 e. The van der Waals surface area contributed by atoms with Crippen LogP contribution in [-0.4, -0.2) is 55.5 Å². The highest BCUT2D eigenvalue weighted by molar-refractivity contribution is 5.72. The molecule has 1 aliphatic rings. The molecule has 0 atom stereocenters. The van der Waals surface area contributed by atoms with Crippen LogP contribution in [0.25, 0.3) is 0 Å². The monoisotopic (exact) mass is 282 g/mol. The summed E-state index contributed by atoms with van der Waals surface area (Å²) >= 11 is 0. The van der Waals surface area contributed by atoms with E-state index in [9.17, 15) is 9.59 Å². The molecular formula is C12H18N4O4. The van der Waals surface area contributed by atoms with Crippen LogP contribution in [-0.2, 0) is 15.1 Å². The van der Waals surface area contributed by atoms with E-state index < -0.39 is 23.2 Å². The number of nitrogens with zero attached hydrogens (tertiary/aromatic N) is 4. The van der Waals surface area contributed by atoms with Gasteiger partial charge in [-0.25, -0.2) is 14.5 Å². The predicted molar refractivity (Wildman–Crippen MR) is 68.1 cm³/mol. The molecule has 0 radical (unpaired) electrons. The van der Waals surface area contributed by atoms with Gasteiger partial charge in [0.15, 0.2) is 0 Å². The fourth-order valence-corrected chi connectivity index (χ4v) is 2.19. The third-order valence-electron chi connectivity index (χ3n) is 3.01. The lowest BCUT2D eigenvalue weighted by Gasteiger charge is -2.48. The van der Waals surface area contributed by atoms with Crippen LogP contribution in [0.15, 0.2) is 12.7 Å². The maximum atomic E-state index is 11.9. The Morgan fingerprint density at radius 3 is 2.50 bits per heavy atom. The number of carbonyl (C=O) groups excluding carboxylic acids is 1. The number of carboxylic acids is 1. The van der Waals surface area contributed by atoms with Crippen molar-refractivity contribution in [1.82, 2.24) is 19.7 Å². The van der Waals surface area contributed by atoms with Crippen LogP contribution in [0.5, 0.6) is 0 Å². The van der Waals surface area contributed by atoms with Crippen molar-refractivity contribution in [3.63, 3.8) is 0 Å². The Balaban J connectivity index is 2.06. The average Bonchev–Trinajstić information content (AvgIpc) is 2.72. The predicted octanol–water partition coefficient (Wildman–Crippen LogP) is 0.699. The van der Waals surface area contributed by atoms with E-state index in [1.807, 2.05) is 0 Å². The van der Waals surface area contributed by atoms with Crippen LogP contribution >= 0.6 is 0 Å². The van der Waals surface area contributed by atoms with Gasteiger partial charge in [0.2, 0.25) is 0 Å². The lowest BCUT2D eigenvalue weighted by molar-refractivity contribution is -0.143. The molecule has 0 saturated carbocycles. The third kappa shape index (κ3) is 2.89. The van der Waals surface area contributed by atoms with Gasteiger partial charge in [0.25, 0.3) is 0 Å². The van der Waals surface area contributed by atoms with Crippen LogP contribution in [0.3, 0.4) is 0 Å². The van der Waals surface area contributed by atoms with Crippen LogP contribution in [0.2, 0.25) is 0 Å². The largest absolute Gasteiger partial charge is 0.481 e. The Morgan fingerprint density at radius 2 is 2.05 bits per heavy atom. The topological polar surface area (TPSA) is 97.6 Å². The number of likely N-dealkylation sites (tertiary alicyclic amines) is 1. The minimum absolute atomic E-state index is 0.115. The zero-order valence-electron chi connectivity index (χ0n) is 11.7. The normalized spacial score (nSPS) is 17.4. The first kappa shape index (κ1) is 14.3. The van der Waals surface area contributed by atoms with Gasteiger partial charge in [-0.15, -0.1) is 0 Å². The summed E-state index contributed by atoms with van der Waals surface area (Å²) in [6.07, 6.45) is 2.25. The molecule has 1 aromatic heterocycles. The van der Waals surface area contributed by atoms with Gasteiger partial charge in [0.05, 0.1) is 19.5 Å². The molecule has 0 unspecified atom stereocenters. The molecule has 1 fully saturated rings. The zero-order chi connectivity index (χ0) is 15.0. The highest BCUT2D eigenvalue weighted by Gasteiger charge is 2.50. The Bertz CT molecular complexity index is 500. The lowest BCUT2D eigenvalue weighted by Crippen LogP contribution is -2.65. The van der Waals surface area contributed by atoms with Crippen molar-refractivity contribution in [2.75, 3.05) is 13.1 Å². The SMILES string of the molecule is CC(C)(C)OC(=O)N1CC(CC(=O)O)(n2cncn2)C1. The number of hydrogen-bond acceptors (Lipinski definition) is 5.